The Hall–Kier alpha value is -3.51. The number of nitrogens with zero attached hydrogens (tertiary/aromatic N) is 2. The van der Waals surface area contributed by atoms with E-state index in [9.17, 15) is 19.1 Å². The van der Waals surface area contributed by atoms with Gasteiger partial charge in [-0.3, -0.25) is 19.5 Å². The molecular formula is C24H18ClFN2O3. The first-order valence-corrected chi connectivity index (χ1v) is 9.92. The highest BCUT2D eigenvalue weighted by Crippen LogP contribution is 2.42. The smallest absolute Gasteiger partial charge is 0.300 e. The summed E-state index contributed by atoms with van der Waals surface area (Å²) in [7, 11) is 0. The molecule has 1 aliphatic rings. The second kappa shape index (κ2) is 7.96. The van der Waals surface area contributed by atoms with Gasteiger partial charge in [-0.15, -0.1) is 0 Å². The molecule has 3 aromatic rings. The molecule has 4 rings (SSSR count). The quantitative estimate of drug-likeness (QED) is 0.351. The van der Waals surface area contributed by atoms with Crippen molar-refractivity contribution in [3.63, 3.8) is 0 Å². The van der Waals surface area contributed by atoms with Gasteiger partial charge in [0.25, 0.3) is 11.7 Å². The van der Waals surface area contributed by atoms with E-state index in [1.807, 2.05) is 0 Å². The first kappa shape index (κ1) is 20.8. The van der Waals surface area contributed by atoms with E-state index in [0.717, 1.165) is 0 Å². The van der Waals surface area contributed by atoms with Crippen molar-refractivity contribution >= 4 is 34.7 Å². The van der Waals surface area contributed by atoms with Crippen molar-refractivity contribution in [2.45, 2.75) is 19.9 Å². The van der Waals surface area contributed by atoms with Crippen molar-refractivity contribution in [1.29, 1.82) is 0 Å². The molecule has 156 valence electrons. The third-order valence-corrected chi connectivity index (χ3v) is 5.50. The summed E-state index contributed by atoms with van der Waals surface area (Å²) in [6.07, 6.45) is 1.55. The number of carbonyl (C=O) groups excluding carboxylic acids is 2. The SMILES string of the molecule is Cc1cc(/C(O)=C2\C(=O)C(=O)N(c3ccc(Cl)cc3C)C2c2ccccn2)ccc1F. The Kier molecular flexibility index (Phi) is 5.33. The van der Waals surface area contributed by atoms with Crippen LogP contribution in [0.1, 0.15) is 28.4 Å². The summed E-state index contributed by atoms with van der Waals surface area (Å²) in [6.45, 7) is 3.33. The van der Waals surface area contributed by atoms with E-state index in [2.05, 4.69) is 4.98 Å². The van der Waals surface area contributed by atoms with Crippen LogP contribution in [-0.4, -0.2) is 21.8 Å². The van der Waals surface area contributed by atoms with Crippen LogP contribution < -0.4 is 4.90 Å². The molecule has 5 nitrogen and oxygen atoms in total. The molecule has 1 aliphatic heterocycles. The Bertz CT molecular complexity index is 1240. The third-order valence-electron chi connectivity index (χ3n) is 5.26. The fourth-order valence-electron chi connectivity index (χ4n) is 3.74. The first-order valence-electron chi connectivity index (χ1n) is 9.54. The lowest BCUT2D eigenvalue weighted by Crippen LogP contribution is -2.30. The monoisotopic (exact) mass is 436 g/mol. The van der Waals surface area contributed by atoms with Crippen LogP contribution in [0.5, 0.6) is 0 Å². The Morgan fingerprint density at radius 3 is 2.48 bits per heavy atom. The molecule has 2 heterocycles. The zero-order valence-corrected chi connectivity index (χ0v) is 17.5. The largest absolute Gasteiger partial charge is 0.507 e. The van der Waals surface area contributed by atoms with Gasteiger partial charge in [0.05, 0.1) is 11.3 Å². The average Bonchev–Trinajstić information content (AvgIpc) is 3.01. The number of aliphatic hydroxyl groups excluding tert-OH is 1. The maximum Gasteiger partial charge on any atom is 0.300 e. The molecule has 7 heteroatoms. The van der Waals surface area contributed by atoms with Crippen LogP contribution in [-0.2, 0) is 9.59 Å². The lowest BCUT2D eigenvalue weighted by Gasteiger charge is -2.26. The van der Waals surface area contributed by atoms with E-state index >= 15 is 0 Å². The van der Waals surface area contributed by atoms with E-state index < -0.39 is 23.5 Å². The maximum absolute atomic E-state index is 13.7. The number of amides is 1. The van der Waals surface area contributed by atoms with E-state index in [4.69, 9.17) is 11.6 Å². The van der Waals surface area contributed by atoms with Gasteiger partial charge in [0.2, 0.25) is 0 Å². The Morgan fingerprint density at radius 2 is 1.84 bits per heavy atom. The topological polar surface area (TPSA) is 70.5 Å². The van der Waals surface area contributed by atoms with Crippen LogP contribution in [0.25, 0.3) is 5.76 Å². The van der Waals surface area contributed by atoms with Gasteiger partial charge in [-0.25, -0.2) is 4.39 Å². The van der Waals surface area contributed by atoms with E-state index in [1.54, 1.807) is 56.4 Å². The number of aryl methyl sites for hydroxylation is 2. The third kappa shape index (κ3) is 3.59. The lowest BCUT2D eigenvalue weighted by molar-refractivity contribution is -0.132. The summed E-state index contributed by atoms with van der Waals surface area (Å²) in [5.41, 5.74) is 2.02. The van der Waals surface area contributed by atoms with Crippen LogP contribution in [0.2, 0.25) is 5.02 Å². The highest BCUT2D eigenvalue weighted by Gasteiger charge is 2.48. The molecule has 2 aromatic carbocycles. The maximum atomic E-state index is 13.7. The number of pyridine rings is 1. The van der Waals surface area contributed by atoms with Crippen molar-refractivity contribution < 1.29 is 19.1 Å². The summed E-state index contributed by atoms with van der Waals surface area (Å²) in [4.78, 5) is 31.8. The number of hydrogen-bond acceptors (Lipinski definition) is 4. The predicted molar refractivity (Wildman–Crippen MR) is 116 cm³/mol. The Morgan fingerprint density at radius 1 is 1.06 bits per heavy atom. The molecule has 1 fully saturated rings. The molecule has 0 aliphatic carbocycles. The first-order chi connectivity index (χ1) is 14.8. The van der Waals surface area contributed by atoms with Crippen molar-refractivity contribution in [2.24, 2.45) is 0 Å². The van der Waals surface area contributed by atoms with Crippen LogP contribution in [0.4, 0.5) is 10.1 Å². The van der Waals surface area contributed by atoms with Gasteiger partial charge in [-0.1, -0.05) is 17.7 Å². The summed E-state index contributed by atoms with van der Waals surface area (Å²) in [6, 6.07) is 13.2. The molecule has 31 heavy (non-hydrogen) atoms. The van der Waals surface area contributed by atoms with Crippen molar-refractivity contribution in [2.75, 3.05) is 4.90 Å². The number of aliphatic hydroxyl groups is 1. The summed E-state index contributed by atoms with van der Waals surface area (Å²) in [5, 5.41) is 11.5. The Labute approximate surface area is 183 Å². The minimum absolute atomic E-state index is 0.107. The standard InChI is InChI=1S/C24H18ClFN2O3/c1-13-11-15(6-8-17(13)26)22(29)20-21(18-5-3-4-10-27-18)28(24(31)23(20)30)19-9-7-16(25)12-14(19)2/h3-12,21,29H,1-2H3/b22-20+. The molecule has 1 unspecified atom stereocenters. The summed E-state index contributed by atoms with van der Waals surface area (Å²) >= 11 is 6.07. The molecular weight excluding hydrogens is 419 g/mol. The Balaban J connectivity index is 1.97. The van der Waals surface area contributed by atoms with Crippen molar-refractivity contribution in [3.05, 3.63) is 99.6 Å². The molecule has 1 aromatic heterocycles. The second-order valence-electron chi connectivity index (χ2n) is 7.32. The highest BCUT2D eigenvalue weighted by atomic mass is 35.5. The number of hydrogen-bond donors (Lipinski definition) is 1. The number of anilines is 1. The average molecular weight is 437 g/mol. The molecule has 1 atom stereocenters. The number of rotatable bonds is 3. The lowest BCUT2D eigenvalue weighted by atomic mass is 9.97. The minimum atomic E-state index is -0.952. The molecule has 0 bridgehead atoms. The summed E-state index contributed by atoms with van der Waals surface area (Å²) < 4.78 is 13.7. The van der Waals surface area contributed by atoms with Gasteiger partial charge >= 0.3 is 0 Å². The van der Waals surface area contributed by atoms with Gasteiger partial charge < -0.3 is 5.11 Å². The number of halogens is 2. The molecule has 1 N–H and O–H groups in total. The van der Waals surface area contributed by atoms with Gasteiger partial charge in [0.15, 0.2) is 0 Å². The second-order valence-corrected chi connectivity index (χ2v) is 7.75. The fourth-order valence-corrected chi connectivity index (χ4v) is 3.96. The number of benzene rings is 2. The molecule has 0 saturated carbocycles. The molecule has 1 amide bonds. The van der Waals surface area contributed by atoms with Gasteiger partial charge in [0, 0.05) is 22.5 Å². The van der Waals surface area contributed by atoms with Crippen molar-refractivity contribution in [3.8, 4) is 0 Å². The van der Waals surface area contributed by atoms with Gasteiger partial charge in [0.1, 0.15) is 17.6 Å². The van der Waals surface area contributed by atoms with E-state index in [-0.39, 0.29) is 16.9 Å². The number of aromatic nitrogens is 1. The van der Waals surface area contributed by atoms with Crippen LogP contribution in [0.3, 0.4) is 0 Å². The van der Waals surface area contributed by atoms with Crippen LogP contribution in [0, 0.1) is 19.7 Å². The number of carbonyl (C=O) groups is 2. The van der Waals surface area contributed by atoms with Crippen LogP contribution in [0.15, 0.2) is 66.4 Å². The number of ketones is 1. The van der Waals surface area contributed by atoms with E-state index in [0.29, 0.717) is 27.5 Å². The minimum Gasteiger partial charge on any atom is -0.507 e. The van der Waals surface area contributed by atoms with E-state index in [1.165, 1.54) is 23.1 Å². The highest BCUT2D eigenvalue weighted by molar-refractivity contribution is 6.51. The normalized spacial score (nSPS) is 17.9. The molecule has 0 radical (unpaired) electrons. The summed E-state index contributed by atoms with van der Waals surface area (Å²) in [5.74, 6) is -2.45. The van der Waals surface area contributed by atoms with Crippen LogP contribution >= 0.6 is 11.6 Å². The zero-order chi connectivity index (χ0) is 22.3. The molecule has 0 spiro atoms. The predicted octanol–water partition coefficient (Wildman–Crippen LogP) is 5.12. The van der Waals surface area contributed by atoms with Crippen molar-refractivity contribution in [1.82, 2.24) is 4.98 Å². The van der Waals surface area contributed by atoms with Gasteiger partial charge in [-0.2, -0.15) is 0 Å². The zero-order valence-electron chi connectivity index (χ0n) is 16.8. The van der Waals surface area contributed by atoms with Gasteiger partial charge in [-0.05, 0) is 73.5 Å². The number of Topliss-reactive ketones (excluding diaryl/α,β-unsaturated/α-hetero) is 1. The molecule has 1 saturated heterocycles. The fraction of sp³-hybridized carbons (Fsp3) is 0.125.